The molecule has 0 spiro atoms. The van der Waals surface area contributed by atoms with Crippen LogP contribution in [0.4, 0.5) is 0 Å². The van der Waals surface area contributed by atoms with Crippen molar-refractivity contribution < 1.29 is 14.6 Å². The Kier molecular flexibility index (Phi) is 3.98. The van der Waals surface area contributed by atoms with Crippen LogP contribution in [0.2, 0.25) is 0 Å². The Morgan fingerprint density at radius 2 is 1.68 bits per heavy atom. The van der Waals surface area contributed by atoms with Gasteiger partial charge in [-0.25, -0.2) is 4.79 Å². The summed E-state index contributed by atoms with van der Waals surface area (Å²) in [6.07, 6.45) is 1.65. The molecule has 3 heteroatoms. The first-order valence-corrected chi connectivity index (χ1v) is 5.85. The minimum atomic E-state index is -0.943. The van der Waals surface area contributed by atoms with E-state index in [1.54, 1.807) is 37.5 Å². The molecular formula is C16H14O3. The Hall–Kier alpha value is -2.55. The number of hydrogen-bond donors (Lipinski definition) is 1. The number of rotatable bonds is 4. The van der Waals surface area contributed by atoms with Gasteiger partial charge < -0.3 is 9.84 Å². The van der Waals surface area contributed by atoms with Crippen molar-refractivity contribution in [3.8, 4) is 5.75 Å². The highest BCUT2D eigenvalue weighted by molar-refractivity contribution is 6.20. The first kappa shape index (κ1) is 12.9. The summed E-state index contributed by atoms with van der Waals surface area (Å²) in [6, 6.07) is 16.3. The molecule has 0 aromatic heterocycles. The highest BCUT2D eigenvalue weighted by Gasteiger charge is 2.09. The SMILES string of the molecule is COc1ccc(C=C(C(=O)O)c2ccccc2)cc1. The Morgan fingerprint density at radius 3 is 2.21 bits per heavy atom. The van der Waals surface area contributed by atoms with E-state index in [0.29, 0.717) is 5.56 Å². The zero-order valence-corrected chi connectivity index (χ0v) is 10.5. The van der Waals surface area contributed by atoms with E-state index in [-0.39, 0.29) is 5.57 Å². The molecule has 0 bridgehead atoms. The third kappa shape index (κ3) is 3.22. The first-order chi connectivity index (χ1) is 9.20. The van der Waals surface area contributed by atoms with Crippen LogP contribution in [0.1, 0.15) is 11.1 Å². The van der Waals surface area contributed by atoms with Crippen LogP contribution in [0.25, 0.3) is 11.6 Å². The quantitative estimate of drug-likeness (QED) is 0.672. The molecule has 2 aromatic carbocycles. The van der Waals surface area contributed by atoms with Gasteiger partial charge in [-0.15, -0.1) is 0 Å². The Balaban J connectivity index is 2.38. The summed E-state index contributed by atoms with van der Waals surface area (Å²) in [5.74, 6) is -0.198. The molecule has 19 heavy (non-hydrogen) atoms. The van der Waals surface area contributed by atoms with E-state index < -0.39 is 5.97 Å². The maximum Gasteiger partial charge on any atom is 0.336 e. The molecule has 1 N–H and O–H groups in total. The third-order valence-electron chi connectivity index (χ3n) is 2.74. The van der Waals surface area contributed by atoms with Crippen LogP contribution < -0.4 is 4.74 Å². The van der Waals surface area contributed by atoms with Crippen LogP contribution in [-0.2, 0) is 4.79 Å². The zero-order chi connectivity index (χ0) is 13.7. The molecule has 0 amide bonds. The van der Waals surface area contributed by atoms with Crippen LogP contribution in [0.15, 0.2) is 54.6 Å². The highest BCUT2D eigenvalue weighted by atomic mass is 16.5. The molecule has 0 aliphatic rings. The summed E-state index contributed by atoms with van der Waals surface area (Å²) in [7, 11) is 1.59. The molecule has 2 aromatic rings. The largest absolute Gasteiger partial charge is 0.497 e. The van der Waals surface area contributed by atoms with Gasteiger partial charge in [0.2, 0.25) is 0 Å². The van der Waals surface area contributed by atoms with E-state index in [4.69, 9.17) is 4.74 Å². The first-order valence-electron chi connectivity index (χ1n) is 5.85. The standard InChI is InChI=1S/C16H14O3/c1-19-14-9-7-12(8-10-14)11-15(16(17)18)13-5-3-2-4-6-13/h2-11H,1H3,(H,17,18). The molecule has 96 valence electrons. The lowest BCUT2D eigenvalue weighted by atomic mass is 10.0. The summed E-state index contributed by atoms with van der Waals surface area (Å²) in [4.78, 5) is 11.3. The maximum atomic E-state index is 11.3. The lowest BCUT2D eigenvalue weighted by molar-refractivity contribution is -0.130. The summed E-state index contributed by atoms with van der Waals surface area (Å²) in [5, 5.41) is 9.30. The minimum Gasteiger partial charge on any atom is -0.497 e. The second-order valence-corrected chi connectivity index (χ2v) is 4.00. The molecule has 0 atom stereocenters. The third-order valence-corrected chi connectivity index (χ3v) is 2.74. The fraction of sp³-hybridized carbons (Fsp3) is 0.0625. The molecule has 2 rings (SSSR count). The molecule has 0 saturated carbocycles. The van der Waals surface area contributed by atoms with Gasteiger partial charge in [0.1, 0.15) is 5.75 Å². The van der Waals surface area contributed by atoms with E-state index in [9.17, 15) is 9.90 Å². The predicted octanol–water partition coefficient (Wildman–Crippen LogP) is 3.32. The van der Waals surface area contributed by atoms with Crippen molar-refractivity contribution in [1.82, 2.24) is 0 Å². The lowest BCUT2D eigenvalue weighted by Crippen LogP contribution is -1.99. The van der Waals surface area contributed by atoms with E-state index >= 15 is 0 Å². The number of hydrogen-bond acceptors (Lipinski definition) is 2. The van der Waals surface area contributed by atoms with E-state index in [0.717, 1.165) is 11.3 Å². The van der Waals surface area contributed by atoms with Gasteiger partial charge in [0, 0.05) is 0 Å². The Bertz CT molecular complexity index is 583. The fourth-order valence-corrected chi connectivity index (χ4v) is 1.75. The smallest absolute Gasteiger partial charge is 0.336 e. The zero-order valence-electron chi connectivity index (χ0n) is 10.5. The van der Waals surface area contributed by atoms with Crippen molar-refractivity contribution in [2.24, 2.45) is 0 Å². The van der Waals surface area contributed by atoms with E-state index in [1.165, 1.54) is 0 Å². The van der Waals surface area contributed by atoms with Crippen molar-refractivity contribution in [3.05, 3.63) is 65.7 Å². The molecule has 0 unspecified atom stereocenters. The molecule has 0 radical (unpaired) electrons. The van der Waals surface area contributed by atoms with Gasteiger partial charge >= 0.3 is 5.97 Å². The average molecular weight is 254 g/mol. The van der Waals surface area contributed by atoms with Crippen LogP contribution in [0.5, 0.6) is 5.75 Å². The van der Waals surface area contributed by atoms with Gasteiger partial charge in [-0.2, -0.15) is 0 Å². The molecule has 0 saturated heterocycles. The van der Waals surface area contributed by atoms with Crippen molar-refractivity contribution in [1.29, 1.82) is 0 Å². The summed E-state index contributed by atoms with van der Waals surface area (Å²) in [5.41, 5.74) is 1.78. The van der Waals surface area contributed by atoms with Gasteiger partial charge in [0.25, 0.3) is 0 Å². The molecule has 0 aliphatic heterocycles. The van der Waals surface area contributed by atoms with E-state index in [2.05, 4.69) is 0 Å². The summed E-state index contributed by atoms with van der Waals surface area (Å²) < 4.78 is 5.07. The van der Waals surface area contributed by atoms with Crippen LogP contribution in [0.3, 0.4) is 0 Å². The van der Waals surface area contributed by atoms with Crippen LogP contribution >= 0.6 is 0 Å². The van der Waals surface area contributed by atoms with Gasteiger partial charge in [-0.3, -0.25) is 0 Å². The molecule has 0 heterocycles. The topological polar surface area (TPSA) is 46.5 Å². The number of ether oxygens (including phenoxy) is 1. The molecule has 0 aliphatic carbocycles. The summed E-state index contributed by atoms with van der Waals surface area (Å²) >= 11 is 0. The normalized spacial score (nSPS) is 11.1. The van der Waals surface area contributed by atoms with Crippen molar-refractivity contribution in [2.45, 2.75) is 0 Å². The van der Waals surface area contributed by atoms with Crippen LogP contribution in [0, 0.1) is 0 Å². The number of aliphatic carboxylic acids is 1. The predicted molar refractivity (Wildman–Crippen MR) is 74.9 cm³/mol. The Morgan fingerprint density at radius 1 is 1.05 bits per heavy atom. The minimum absolute atomic E-state index is 0.269. The van der Waals surface area contributed by atoms with Crippen molar-refractivity contribution >= 4 is 17.6 Å². The van der Waals surface area contributed by atoms with Gasteiger partial charge in [0.05, 0.1) is 12.7 Å². The number of carbonyl (C=O) groups is 1. The number of carboxylic acid groups (broad SMARTS) is 1. The van der Waals surface area contributed by atoms with Crippen molar-refractivity contribution in [3.63, 3.8) is 0 Å². The second kappa shape index (κ2) is 5.87. The molecular weight excluding hydrogens is 240 g/mol. The fourth-order valence-electron chi connectivity index (χ4n) is 1.75. The molecule has 3 nitrogen and oxygen atoms in total. The van der Waals surface area contributed by atoms with Gasteiger partial charge in [0.15, 0.2) is 0 Å². The van der Waals surface area contributed by atoms with Gasteiger partial charge in [-0.05, 0) is 29.3 Å². The lowest BCUT2D eigenvalue weighted by Gasteiger charge is -2.04. The summed E-state index contributed by atoms with van der Waals surface area (Å²) in [6.45, 7) is 0. The second-order valence-electron chi connectivity index (χ2n) is 4.00. The van der Waals surface area contributed by atoms with Crippen LogP contribution in [-0.4, -0.2) is 18.2 Å². The molecule has 0 fully saturated rings. The van der Waals surface area contributed by atoms with Crippen molar-refractivity contribution in [2.75, 3.05) is 7.11 Å². The monoisotopic (exact) mass is 254 g/mol. The number of carboxylic acids is 1. The Labute approximate surface area is 111 Å². The number of methoxy groups -OCH3 is 1. The highest BCUT2D eigenvalue weighted by Crippen LogP contribution is 2.20. The van der Waals surface area contributed by atoms with E-state index in [1.807, 2.05) is 30.3 Å². The van der Waals surface area contributed by atoms with Gasteiger partial charge in [-0.1, -0.05) is 42.5 Å². The average Bonchev–Trinajstić information content (AvgIpc) is 2.46. The number of benzene rings is 2. The maximum absolute atomic E-state index is 11.3.